The van der Waals surface area contributed by atoms with Crippen LogP contribution in [0.5, 0.6) is 0 Å². The third kappa shape index (κ3) is 3.09. The summed E-state index contributed by atoms with van der Waals surface area (Å²) in [5.74, 6) is 0.0972. The maximum atomic E-state index is 13.0. The van der Waals surface area contributed by atoms with Crippen molar-refractivity contribution in [1.29, 1.82) is 0 Å². The van der Waals surface area contributed by atoms with Crippen LogP contribution in [0.1, 0.15) is 52.0 Å². The summed E-state index contributed by atoms with van der Waals surface area (Å²) in [5, 5.41) is 0. The fourth-order valence-corrected chi connectivity index (χ4v) is 2.65. The van der Waals surface area contributed by atoms with E-state index in [0.29, 0.717) is 0 Å². The lowest BCUT2D eigenvalue weighted by atomic mass is 9.91. The van der Waals surface area contributed by atoms with Crippen LogP contribution in [0.15, 0.2) is 49.6 Å². The lowest BCUT2D eigenvalue weighted by Crippen LogP contribution is -2.08. The lowest BCUT2D eigenvalue weighted by molar-refractivity contribution is 0.103. The zero-order chi connectivity index (χ0) is 16.1. The summed E-state index contributed by atoms with van der Waals surface area (Å²) < 4.78 is 0. The topological polar surface area (TPSA) is 17.1 Å². The van der Waals surface area contributed by atoms with Crippen molar-refractivity contribution in [1.82, 2.24) is 0 Å². The van der Waals surface area contributed by atoms with Crippen LogP contribution in [-0.2, 0) is 12.8 Å². The maximum Gasteiger partial charge on any atom is 0.193 e. The minimum atomic E-state index is 0.0972. The summed E-state index contributed by atoms with van der Waals surface area (Å²) in [6.45, 7) is 11.7. The number of carbonyl (C=O) groups is 1. The molecule has 2 aromatic carbocycles. The molecule has 1 heteroatoms. The van der Waals surface area contributed by atoms with E-state index in [2.05, 4.69) is 27.0 Å². The van der Waals surface area contributed by atoms with E-state index in [1.54, 1.807) is 0 Å². The van der Waals surface area contributed by atoms with Crippen molar-refractivity contribution >= 4 is 17.9 Å². The highest BCUT2D eigenvalue weighted by Gasteiger charge is 2.16. The van der Waals surface area contributed by atoms with Gasteiger partial charge in [0.05, 0.1) is 0 Å². The van der Waals surface area contributed by atoms with Gasteiger partial charge >= 0.3 is 0 Å². The molecular weight excluding hydrogens is 268 g/mol. The van der Waals surface area contributed by atoms with Gasteiger partial charge < -0.3 is 0 Å². The highest BCUT2D eigenvalue weighted by atomic mass is 16.1. The van der Waals surface area contributed by atoms with Crippen LogP contribution in [0.25, 0.3) is 12.2 Å². The average molecular weight is 290 g/mol. The van der Waals surface area contributed by atoms with Crippen molar-refractivity contribution in [2.75, 3.05) is 0 Å². The van der Waals surface area contributed by atoms with E-state index in [-0.39, 0.29) is 5.78 Å². The first-order chi connectivity index (χ1) is 10.6. The van der Waals surface area contributed by atoms with Crippen molar-refractivity contribution in [3.8, 4) is 0 Å². The van der Waals surface area contributed by atoms with Crippen LogP contribution in [-0.4, -0.2) is 5.78 Å². The molecule has 0 aliphatic rings. The molecule has 0 spiro atoms. The molecule has 0 saturated carbocycles. The molecule has 0 aliphatic carbocycles. The fraction of sp³-hybridized carbons (Fsp3) is 0.190. The number of hydrogen-bond donors (Lipinski definition) is 0. The fourth-order valence-electron chi connectivity index (χ4n) is 2.65. The van der Waals surface area contributed by atoms with Crippen LogP contribution in [0.4, 0.5) is 0 Å². The molecule has 0 aromatic heterocycles. The molecule has 0 fully saturated rings. The second-order valence-corrected chi connectivity index (χ2v) is 5.28. The van der Waals surface area contributed by atoms with Crippen LogP contribution in [0.2, 0.25) is 0 Å². The minimum Gasteiger partial charge on any atom is -0.289 e. The first-order valence-corrected chi connectivity index (χ1v) is 7.70. The van der Waals surface area contributed by atoms with Crippen LogP contribution < -0.4 is 0 Å². The quantitative estimate of drug-likeness (QED) is 0.657. The Kier molecular flexibility index (Phi) is 5.11. The third-order valence-electron chi connectivity index (χ3n) is 3.98. The molecular formula is C21H22O. The van der Waals surface area contributed by atoms with Gasteiger partial charge in [0.1, 0.15) is 0 Å². The zero-order valence-electron chi connectivity index (χ0n) is 13.4. The first-order valence-electron chi connectivity index (χ1n) is 7.70. The van der Waals surface area contributed by atoms with E-state index < -0.39 is 0 Å². The predicted octanol–water partition coefficient (Wildman–Crippen LogP) is 5.33. The minimum absolute atomic E-state index is 0.0972. The first kappa shape index (κ1) is 16.0. The number of hydrogen-bond acceptors (Lipinski definition) is 1. The summed E-state index contributed by atoms with van der Waals surface area (Å²) in [4.78, 5) is 13.0. The molecule has 22 heavy (non-hydrogen) atoms. The molecule has 112 valence electrons. The van der Waals surface area contributed by atoms with Gasteiger partial charge in [-0.3, -0.25) is 4.79 Å². The van der Waals surface area contributed by atoms with Crippen molar-refractivity contribution in [2.45, 2.75) is 26.7 Å². The Hall–Kier alpha value is -2.41. The smallest absolute Gasteiger partial charge is 0.193 e. The molecule has 0 aliphatic heterocycles. The third-order valence-corrected chi connectivity index (χ3v) is 3.98. The average Bonchev–Trinajstić information content (AvgIpc) is 2.59. The molecule has 2 rings (SSSR count). The molecule has 0 amide bonds. The monoisotopic (exact) mass is 290 g/mol. The molecule has 0 atom stereocenters. The number of ketones is 1. The Balaban J connectivity index is 2.52. The van der Waals surface area contributed by atoms with Gasteiger partial charge in [-0.25, -0.2) is 0 Å². The Morgan fingerprint density at radius 2 is 1.27 bits per heavy atom. The SMILES string of the molecule is C=Cc1ccc(C(=O)c2ccc(C=C)cc2CC)c(CC)c1. The molecule has 2 aromatic rings. The zero-order valence-corrected chi connectivity index (χ0v) is 13.4. The summed E-state index contributed by atoms with van der Waals surface area (Å²) in [6, 6.07) is 11.8. The van der Waals surface area contributed by atoms with Crippen LogP contribution in [0, 0.1) is 0 Å². The van der Waals surface area contributed by atoms with E-state index in [4.69, 9.17) is 0 Å². The Morgan fingerprint density at radius 3 is 1.59 bits per heavy atom. The second-order valence-electron chi connectivity index (χ2n) is 5.28. The van der Waals surface area contributed by atoms with Crippen molar-refractivity contribution < 1.29 is 4.79 Å². The summed E-state index contributed by atoms with van der Waals surface area (Å²) in [7, 11) is 0. The molecule has 0 radical (unpaired) electrons. The summed E-state index contributed by atoms with van der Waals surface area (Å²) in [6.07, 6.45) is 5.28. The Morgan fingerprint density at radius 1 is 0.864 bits per heavy atom. The van der Waals surface area contributed by atoms with E-state index in [9.17, 15) is 4.79 Å². The number of carbonyl (C=O) groups excluding carboxylic acids is 1. The van der Waals surface area contributed by atoms with Gasteiger partial charge in [0, 0.05) is 11.1 Å². The van der Waals surface area contributed by atoms with Crippen molar-refractivity contribution in [3.63, 3.8) is 0 Å². The van der Waals surface area contributed by atoms with Crippen LogP contribution >= 0.6 is 0 Å². The summed E-state index contributed by atoms with van der Waals surface area (Å²) in [5.41, 5.74) is 5.80. The van der Waals surface area contributed by atoms with E-state index in [0.717, 1.165) is 46.2 Å². The van der Waals surface area contributed by atoms with Gasteiger partial charge in [0.2, 0.25) is 0 Å². The van der Waals surface area contributed by atoms with Gasteiger partial charge in [-0.2, -0.15) is 0 Å². The van der Waals surface area contributed by atoms with Gasteiger partial charge in [0.25, 0.3) is 0 Å². The molecule has 0 heterocycles. The number of benzene rings is 2. The number of rotatable bonds is 6. The summed E-state index contributed by atoms with van der Waals surface area (Å²) >= 11 is 0. The van der Waals surface area contributed by atoms with Crippen molar-refractivity contribution in [3.05, 3.63) is 82.9 Å². The molecule has 0 N–H and O–H groups in total. The van der Waals surface area contributed by atoms with Gasteiger partial charge in [-0.05, 0) is 35.1 Å². The predicted molar refractivity (Wildman–Crippen MR) is 95.3 cm³/mol. The molecule has 0 saturated heterocycles. The maximum absolute atomic E-state index is 13.0. The Bertz CT molecular complexity index is 661. The van der Waals surface area contributed by atoms with E-state index in [1.807, 2.05) is 48.6 Å². The van der Waals surface area contributed by atoms with Crippen molar-refractivity contribution in [2.24, 2.45) is 0 Å². The molecule has 0 bridgehead atoms. The van der Waals surface area contributed by atoms with Gasteiger partial charge in [-0.15, -0.1) is 0 Å². The molecule has 1 nitrogen and oxygen atoms in total. The standard InChI is InChI=1S/C21H22O/c1-5-15-9-11-19(17(7-3)13-15)21(22)20-12-10-16(6-2)14-18(20)8-4/h5-6,9-14H,1-2,7-8H2,3-4H3. The largest absolute Gasteiger partial charge is 0.289 e. The van der Waals surface area contributed by atoms with Gasteiger partial charge in [-0.1, -0.05) is 75.6 Å². The molecule has 0 unspecified atom stereocenters. The lowest BCUT2D eigenvalue weighted by Gasteiger charge is -2.12. The normalized spacial score (nSPS) is 10.3. The van der Waals surface area contributed by atoms with Gasteiger partial charge in [0.15, 0.2) is 5.78 Å². The Labute approximate surface area is 133 Å². The second kappa shape index (κ2) is 7.04. The van der Waals surface area contributed by atoms with Crippen LogP contribution in [0.3, 0.4) is 0 Å². The van der Waals surface area contributed by atoms with E-state index in [1.165, 1.54) is 0 Å². The number of aryl methyl sites for hydroxylation is 2. The highest BCUT2D eigenvalue weighted by molar-refractivity contribution is 6.11. The van der Waals surface area contributed by atoms with E-state index >= 15 is 0 Å². The highest BCUT2D eigenvalue weighted by Crippen LogP contribution is 2.22.